The molecule has 2 atom stereocenters. The van der Waals surface area contributed by atoms with Crippen LogP contribution in [0.4, 0.5) is 0 Å². The summed E-state index contributed by atoms with van der Waals surface area (Å²) in [6.07, 6.45) is 3.02. The van der Waals surface area contributed by atoms with Gasteiger partial charge in [-0.25, -0.2) is 5.43 Å². The predicted octanol–water partition coefficient (Wildman–Crippen LogP) is -2.61. The minimum absolute atomic E-state index is 0.188. The summed E-state index contributed by atoms with van der Waals surface area (Å²) in [7, 11) is 0. The highest BCUT2D eigenvalue weighted by atomic mass is 16.1. The lowest BCUT2D eigenvalue weighted by atomic mass is 10.1. The van der Waals surface area contributed by atoms with E-state index in [0.29, 0.717) is 19.3 Å². The van der Waals surface area contributed by atoms with Gasteiger partial charge in [-0.2, -0.15) is 0 Å². The van der Waals surface area contributed by atoms with Gasteiger partial charge in [0.05, 0.1) is 12.2 Å². The lowest BCUT2D eigenvalue weighted by Gasteiger charge is -2.15. The van der Waals surface area contributed by atoms with E-state index in [1.54, 1.807) is 6.29 Å². The van der Waals surface area contributed by atoms with Gasteiger partial charge >= 0.3 is 0 Å². The highest BCUT2D eigenvalue weighted by molar-refractivity contribution is 5.74. The Morgan fingerprint density at radius 1 is 1.24 bits per heavy atom. The summed E-state index contributed by atoms with van der Waals surface area (Å²) in [6, 6.07) is -0.566. The number of rotatable bonds is 8. The van der Waals surface area contributed by atoms with Crippen molar-refractivity contribution in [3.63, 3.8) is 0 Å². The van der Waals surface area contributed by atoms with Crippen LogP contribution in [-0.2, 0) is 4.79 Å². The first-order valence-corrected chi connectivity index (χ1v) is 5.05. The molecule has 0 fully saturated rings. The number of guanidine groups is 2. The van der Waals surface area contributed by atoms with Crippen molar-refractivity contribution in [3.05, 3.63) is 0 Å². The van der Waals surface area contributed by atoms with Gasteiger partial charge in [-0.15, -0.1) is 0 Å². The summed E-state index contributed by atoms with van der Waals surface area (Å²) in [5.41, 5.74) is 20.6. The average Bonchev–Trinajstić information content (AvgIpc) is 2.21. The minimum atomic E-state index is -0.566. The topological polar surface area (TPSA) is 179 Å². The van der Waals surface area contributed by atoms with E-state index in [1.807, 2.05) is 0 Å². The number of carbonyl (C=O) groups excluding carboxylic acids is 1. The van der Waals surface area contributed by atoms with Crippen molar-refractivity contribution in [1.82, 2.24) is 16.2 Å². The Morgan fingerprint density at radius 2 is 1.88 bits per heavy atom. The number of hydrazine groups is 1. The van der Waals surface area contributed by atoms with Crippen molar-refractivity contribution in [1.29, 1.82) is 10.8 Å². The fraction of sp³-hybridized carbons (Fsp3) is 0.625. The molecule has 0 aliphatic carbocycles. The summed E-state index contributed by atoms with van der Waals surface area (Å²) in [6.45, 7) is 0. The zero-order valence-electron chi connectivity index (χ0n) is 9.42. The number of hydrogen-bond donors (Lipinski definition) is 8. The van der Waals surface area contributed by atoms with Crippen LogP contribution >= 0.6 is 0 Å². The van der Waals surface area contributed by atoms with Gasteiger partial charge in [0.25, 0.3) is 0 Å². The SMILES string of the molecule is N=C(N)NN[C@H]([C]=O)CCCC(N)NC(=N)N. The van der Waals surface area contributed by atoms with Gasteiger partial charge in [0.15, 0.2) is 11.9 Å². The molecule has 0 aliphatic heterocycles. The van der Waals surface area contributed by atoms with Crippen molar-refractivity contribution in [2.24, 2.45) is 17.2 Å². The van der Waals surface area contributed by atoms with Crippen LogP contribution in [0.15, 0.2) is 0 Å². The first kappa shape index (κ1) is 15.1. The molecule has 0 aromatic heterocycles. The molecule has 11 N–H and O–H groups in total. The zero-order chi connectivity index (χ0) is 13.3. The van der Waals surface area contributed by atoms with E-state index >= 15 is 0 Å². The Labute approximate surface area is 99.5 Å². The number of nitrogens with two attached hydrogens (primary N) is 3. The lowest BCUT2D eigenvalue weighted by molar-refractivity contribution is 0.458. The molecule has 0 aliphatic rings. The molecular formula is C8H19N8O. The summed E-state index contributed by atoms with van der Waals surface area (Å²) in [4.78, 5) is 10.5. The molecule has 1 radical (unpaired) electrons. The van der Waals surface area contributed by atoms with Gasteiger partial charge in [0.2, 0.25) is 6.29 Å². The first-order chi connectivity index (χ1) is 7.95. The summed E-state index contributed by atoms with van der Waals surface area (Å²) in [5, 5.41) is 16.4. The maximum Gasteiger partial charge on any atom is 0.218 e. The van der Waals surface area contributed by atoms with Crippen LogP contribution in [0.2, 0.25) is 0 Å². The molecular weight excluding hydrogens is 224 g/mol. The van der Waals surface area contributed by atoms with Gasteiger partial charge in [-0.05, 0) is 19.3 Å². The molecule has 0 rings (SSSR count). The maximum absolute atomic E-state index is 10.5. The van der Waals surface area contributed by atoms with Crippen molar-refractivity contribution in [2.45, 2.75) is 31.5 Å². The molecule has 0 aromatic carbocycles. The molecule has 97 valence electrons. The van der Waals surface area contributed by atoms with E-state index in [0.717, 1.165) is 0 Å². The second-order valence-corrected chi connectivity index (χ2v) is 3.45. The van der Waals surface area contributed by atoms with Crippen LogP contribution in [0.25, 0.3) is 0 Å². The van der Waals surface area contributed by atoms with Crippen LogP contribution < -0.4 is 33.4 Å². The summed E-state index contributed by atoms with van der Waals surface area (Å²) < 4.78 is 0. The van der Waals surface area contributed by atoms with E-state index in [9.17, 15) is 4.79 Å². The molecule has 9 nitrogen and oxygen atoms in total. The highest BCUT2D eigenvalue weighted by Gasteiger charge is 2.09. The second kappa shape index (κ2) is 8.30. The minimum Gasteiger partial charge on any atom is -0.370 e. The fourth-order valence-electron chi connectivity index (χ4n) is 1.14. The van der Waals surface area contributed by atoms with Crippen LogP contribution in [0, 0.1) is 10.8 Å². The molecule has 0 saturated carbocycles. The van der Waals surface area contributed by atoms with E-state index in [1.165, 1.54) is 0 Å². The smallest absolute Gasteiger partial charge is 0.218 e. The molecule has 0 spiro atoms. The Hall–Kier alpha value is -1.87. The van der Waals surface area contributed by atoms with Crippen molar-refractivity contribution >= 4 is 18.2 Å². The molecule has 17 heavy (non-hydrogen) atoms. The Balaban J connectivity index is 3.72. The maximum atomic E-state index is 10.5. The Kier molecular flexibility index (Phi) is 7.39. The Bertz CT molecular complexity index is 268. The fourth-order valence-corrected chi connectivity index (χ4v) is 1.14. The summed E-state index contributed by atoms with van der Waals surface area (Å²) in [5.74, 6) is -0.465. The van der Waals surface area contributed by atoms with Gasteiger partial charge in [-0.3, -0.25) is 21.0 Å². The standard InChI is InChI=1S/C8H19N8O/c9-6(14-7(10)11)3-1-2-5(4-17)15-16-8(12)13/h5-6,15H,1-3,9H2,(H4,10,11,14)(H4,12,13,16)/t5-,6?/m0/s1. The first-order valence-electron chi connectivity index (χ1n) is 5.05. The Morgan fingerprint density at radius 3 is 2.35 bits per heavy atom. The van der Waals surface area contributed by atoms with Crippen LogP contribution in [0.5, 0.6) is 0 Å². The molecule has 0 bridgehead atoms. The third-order valence-electron chi connectivity index (χ3n) is 1.87. The molecule has 9 heteroatoms. The van der Waals surface area contributed by atoms with E-state index in [4.69, 9.17) is 28.0 Å². The predicted molar refractivity (Wildman–Crippen MR) is 64.5 cm³/mol. The summed E-state index contributed by atoms with van der Waals surface area (Å²) >= 11 is 0. The molecule has 0 amide bonds. The van der Waals surface area contributed by atoms with Crippen molar-refractivity contribution in [3.8, 4) is 0 Å². The largest absolute Gasteiger partial charge is 0.370 e. The quantitative estimate of drug-likeness (QED) is 0.0994. The third kappa shape index (κ3) is 9.08. The van der Waals surface area contributed by atoms with Crippen LogP contribution in [0.1, 0.15) is 19.3 Å². The van der Waals surface area contributed by atoms with Crippen LogP contribution in [-0.4, -0.2) is 30.4 Å². The van der Waals surface area contributed by atoms with Crippen molar-refractivity contribution in [2.75, 3.05) is 0 Å². The van der Waals surface area contributed by atoms with Gasteiger partial charge in [0.1, 0.15) is 0 Å². The van der Waals surface area contributed by atoms with Gasteiger partial charge in [-0.1, -0.05) is 0 Å². The lowest BCUT2D eigenvalue weighted by Crippen LogP contribution is -2.48. The van der Waals surface area contributed by atoms with Gasteiger partial charge < -0.3 is 22.5 Å². The number of hydrogen-bond acceptors (Lipinski definition) is 5. The monoisotopic (exact) mass is 243 g/mol. The van der Waals surface area contributed by atoms with Crippen LogP contribution in [0.3, 0.4) is 0 Å². The zero-order valence-corrected chi connectivity index (χ0v) is 9.42. The van der Waals surface area contributed by atoms with E-state index in [2.05, 4.69) is 16.2 Å². The highest BCUT2D eigenvalue weighted by Crippen LogP contribution is 2.00. The third-order valence-corrected chi connectivity index (χ3v) is 1.87. The van der Waals surface area contributed by atoms with E-state index < -0.39 is 12.2 Å². The second-order valence-electron chi connectivity index (χ2n) is 3.45. The molecule has 0 heterocycles. The van der Waals surface area contributed by atoms with Crippen molar-refractivity contribution < 1.29 is 4.79 Å². The molecule has 1 unspecified atom stereocenters. The molecule has 0 saturated heterocycles. The van der Waals surface area contributed by atoms with E-state index in [-0.39, 0.29) is 11.9 Å². The normalized spacial score (nSPS) is 13.5. The van der Waals surface area contributed by atoms with Gasteiger partial charge in [0, 0.05) is 0 Å². The average molecular weight is 243 g/mol. The number of nitrogens with one attached hydrogen (secondary N) is 5. The molecule has 0 aromatic rings.